The Morgan fingerprint density at radius 3 is 2.80 bits per heavy atom. The zero-order chi connectivity index (χ0) is 17.4. The Morgan fingerprint density at radius 1 is 1.24 bits per heavy atom. The summed E-state index contributed by atoms with van der Waals surface area (Å²) in [6.45, 7) is 4.57. The number of fused-ring (bicyclic) bond motifs is 1. The molecule has 1 aromatic rings. The van der Waals surface area contributed by atoms with Gasteiger partial charge in [0, 0.05) is 37.5 Å². The standard InChI is InChI=1S/C21H28N2O2/c1-2-3-9-21-13-22-16-10-17(21)19(18(24)11-16)20(25)23(14-21)12-15-7-5-4-6-8-15/h4-8,16-17,19,22H,2-3,9-14H2,1H3/t16-,17+,19+,21-/m1/s1. The van der Waals surface area contributed by atoms with Gasteiger partial charge in [-0.25, -0.2) is 0 Å². The van der Waals surface area contributed by atoms with Gasteiger partial charge in [-0.05, 0) is 24.3 Å². The van der Waals surface area contributed by atoms with Crippen molar-refractivity contribution in [1.82, 2.24) is 10.2 Å². The third-order valence-corrected chi connectivity index (χ3v) is 6.59. The molecule has 134 valence electrons. The van der Waals surface area contributed by atoms with Crippen molar-refractivity contribution in [3.8, 4) is 0 Å². The highest BCUT2D eigenvalue weighted by atomic mass is 16.2. The molecule has 2 heterocycles. The van der Waals surface area contributed by atoms with Crippen LogP contribution in [0.15, 0.2) is 30.3 Å². The summed E-state index contributed by atoms with van der Waals surface area (Å²) < 4.78 is 0. The molecule has 4 atom stereocenters. The number of rotatable bonds is 5. The van der Waals surface area contributed by atoms with E-state index in [2.05, 4.69) is 24.4 Å². The topological polar surface area (TPSA) is 49.4 Å². The van der Waals surface area contributed by atoms with Crippen LogP contribution in [0.5, 0.6) is 0 Å². The van der Waals surface area contributed by atoms with Crippen LogP contribution in [-0.2, 0) is 16.1 Å². The van der Waals surface area contributed by atoms with Gasteiger partial charge in [-0.1, -0.05) is 50.1 Å². The number of likely N-dealkylation sites (tertiary alicyclic amines) is 1. The minimum atomic E-state index is -0.396. The number of amides is 1. The molecular formula is C21H28N2O2. The van der Waals surface area contributed by atoms with Gasteiger partial charge in [0.2, 0.25) is 5.91 Å². The lowest BCUT2D eigenvalue weighted by atomic mass is 9.55. The lowest BCUT2D eigenvalue weighted by molar-refractivity contribution is -0.165. The number of piperidine rings is 2. The first kappa shape index (κ1) is 16.8. The fraction of sp³-hybridized carbons (Fsp3) is 0.619. The van der Waals surface area contributed by atoms with E-state index in [1.54, 1.807) is 0 Å². The number of unbranched alkanes of at least 4 members (excludes halogenated alkanes) is 1. The summed E-state index contributed by atoms with van der Waals surface area (Å²) in [5.41, 5.74) is 1.21. The zero-order valence-electron chi connectivity index (χ0n) is 15.0. The fourth-order valence-electron chi connectivity index (χ4n) is 5.31. The van der Waals surface area contributed by atoms with Crippen LogP contribution in [0, 0.1) is 17.3 Å². The molecule has 0 spiro atoms. The number of hydrogen-bond acceptors (Lipinski definition) is 3. The van der Waals surface area contributed by atoms with E-state index in [4.69, 9.17) is 0 Å². The first-order valence-corrected chi connectivity index (χ1v) is 9.72. The second kappa shape index (κ2) is 6.56. The van der Waals surface area contributed by atoms with Crippen molar-refractivity contribution in [1.29, 1.82) is 0 Å². The maximum absolute atomic E-state index is 13.2. The molecule has 0 aromatic heterocycles. The van der Waals surface area contributed by atoms with Crippen LogP contribution in [0.2, 0.25) is 0 Å². The van der Waals surface area contributed by atoms with Gasteiger partial charge < -0.3 is 10.2 Å². The first-order valence-electron chi connectivity index (χ1n) is 9.72. The minimum Gasteiger partial charge on any atom is -0.337 e. The Bertz CT molecular complexity index is 655. The molecular weight excluding hydrogens is 312 g/mol. The van der Waals surface area contributed by atoms with Crippen molar-refractivity contribution in [2.24, 2.45) is 17.3 Å². The molecule has 2 bridgehead atoms. The Labute approximate surface area is 150 Å². The highest BCUT2D eigenvalue weighted by molar-refractivity contribution is 6.03. The van der Waals surface area contributed by atoms with Crippen molar-refractivity contribution in [2.75, 3.05) is 13.1 Å². The Kier molecular flexibility index (Phi) is 4.40. The second-order valence-electron chi connectivity index (χ2n) is 8.21. The van der Waals surface area contributed by atoms with Crippen molar-refractivity contribution in [3.63, 3.8) is 0 Å². The smallest absolute Gasteiger partial charge is 0.233 e. The van der Waals surface area contributed by atoms with Crippen LogP contribution in [-0.4, -0.2) is 35.7 Å². The number of Topliss-reactive ketones (excluding diaryl/α,β-unsaturated/α-hetero) is 1. The Balaban J connectivity index is 1.65. The normalized spacial score (nSPS) is 34.3. The number of ketones is 1. The maximum Gasteiger partial charge on any atom is 0.233 e. The predicted molar refractivity (Wildman–Crippen MR) is 96.8 cm³/mol. The van der Waals surface area contributed by atoms with Crippen molar-refractivity contribution >= 4 is 11.7 Å². The van der Waals surface area contributed by atoms with E-state index in [0.717, 1.165) is 44.3 Å². The largest absolute Gasteiger partial charge is 0.337 e. The molecule has 4 nitrogen and oxygen atoms in total. The van der Waals surface area contributed by atoms with E-state index >= 15 is 0 Å². The number of benzene rings is 1. The van der Waals surface area contributed by atoms with Crippen LogP contribution in [0.25, 0.3) is 0 Å². The van der Waals surface area contributed by atoms with Crippen LogP contribution < -0.4 is 5.32 Å². The van der Waals surface area contributed by atoms with Gasteiger partial charge in [0.15, 0.2) is 0 Å². The lowest BCUT2D eigenvalue weighted by Crippen LogP contribution is -2.68. The molecule has 4 heteroatoms. The van der Waals surface area contributed by atoms with Crippen LogP contribution in [0.4, 0.5) is 0 Å². The number of nitrogens with one attached hydrogen (secondary N) is 1. The van der Waals surface area contributed by atoms with Gasteiger partial charge in [0.25, 0.3) is 0 Å². The Morgan fingerprint density at radius 2 is 2.04 bits per heavy atom. The fourth-order valence-corrected chi connectivity index (χ4v) is 5.31. The highest BCUT2D eigenvalue weighted by Crippen LogP contribution is 2.51. The van der Waals surface area contributed by atoms with E-state index in [9.17, 15) is 9.59 Å². The van der Waals surface area contributed by atoms with Crippen molar-refractivity contribution < 1.29 is 9.59 Å². The molecule has 0 unspecified atom stereocenters. The third kappa shape index (κ3) is 2.91. The number of carbonyl (C=O) groups excluding carboxylic acids is 2. The molecule has 25 heavy (non-hydrogen) atoms. The van der Waals surface area contributed by atoms with E-state index in [1.807, 2.05) is 23.1 Å². The van der Waals surface area contributed by atoms with Gasteiger partial charge in [-0.3, -0.25) is 9.59 Å². The summed E-state index contributed by atoms with van der Waals surface area (Å²) in [7, 11) is 0. The summed E-state index contributed by atoms with van der Waals surface area (Å²) in [5, 5.41) is 3.63. The van der Waals surface area contributed by atoms with Gasteiger partial charge in [-0.15, -0.1) is 0 Å². The second-order valence-corrected chi connectivity index (χ2v) is 8.21. The molecule has 4 rings (SSSR count). The van der Waals surface area contributed by atoms with Crippen molar-refractivity contribution in [3.05, 3.63) is 35.9 Å². The average molecular weight is 340 g/mol. The molecule has 1 amide bonds. The van der Waals surface area contributed by atoms with Crippen molar-refractivity contribution in [2.45, 2.75) is 51.6 Å². The van der Waals surface area contributed by atoms with Gasteiger partial charge in [0.05, 0.1) is 0 Å². The average Bonchev–Trinajstić information content (AvgIpc) is 2.62. The van der Waals surface area contributed by atoms with Gasteiger partial charge in [-0.2, -0.15) is 0 Å². The molecule has 1 aromatic carbocycles. The van der Waals surface area contributed by atoms with Gasteiger partial charge >= 0.3 is 0 Å². The number of carbonyl (C=O) groups is 2. The van der Waals surface area contributed by atoms with E-state index in [-0.39, 0.29) is 29.1 Å². The molecule has 2 saturated heterocycles. The summed E-state index contributed by atoms with van der Waals surface area (Å²) in [4.78, 5) is 27.9. The SMILES string of the molecule is CCCC[C@@]12CN[C@H]3CC(=O)[C@@H](C(=O)N(Cc4ccccc4)C1)[C@@H]2C3. The summed E-state index contributed by atoms with van der Waals surface area (Å²) in [5.74, 6) is 0.0853. The summed E-state index contributed by atoms with van der Waals surface area (Å²) in [6, 6.07) is 10.4. The van der Waals surface area contributed by atoms with Crippen LogP contribution >= 0.6 is 0 Å². The van der Waals surface area contributed by atoms with E-state index in [0.29, 0.717) is 13.0 Å². The van der Waals surface area contributed by atoms with Gasteiger partial charge in [0.1, 0.15) is 11.7 Å². The molecule has 2 aliphatic heterocycles. The lowest BCUT2D eigenvalue weighted by Gasteiger charge is -2.57. The monoisotopic (exact) mass is 340 g/mol. The number of nitrogens with zero attached hydrogens (tertiary/aromatic N) is 1. The Hall–Kier alpha value is -1.68. The maximum atomic E-state index is 13.2. The van der Waals surface area contributed by atoms with E-state index < -0.39 is 5.92 Å². The molecule has 3 aliphatic rings. The molecule has 1 saturated carbocycles. The quantitative estimate of drug-likeness (QED) is 0.839. The summed E-state index contributed by atoms with van der Waals surface area (Å²) in [6.07, 6.45) is 4.94. The molecule has 1 N–H and O–H groups in total. The molecule has 1 aliphatic carbocycles. The molecule has 3 fully saturated rings. The third-order valence-electron chi connectivity index (χ3n) is 6.59. The van der Waals surface area contributed by atoms with E-state index in [1.165, 1.54) is 0 Å². The highest BCUT2D eigenvalue weighted by Gasteiger charge is 2.58. The summed E-state index contributed by atoms with van der Waals surface area (Å²) >= 11 is 0. The minimum absolute atomic E-state index is 0.0654. The van der Waals surface area contributed by atoms with Crippen LogP contribution in [0.3, 0.4) is 0 Å². The molecule has 0 radical (unpaired) electrons. The van der Waals surface area contributed by atoms with Crippen LogP contribution in [0.1, 0.15) is 44.6 Å². The predicted octanol–water partition coefficient (Wildman–Crippen LogP) is 2.77. The number of hydrogen-bond donors (Lipinski definition) is 1. The first-order chi connectivity index (χ1) is 12.1. The zero-order valence-corrected chi connectivity index (χ0v) is 15.0.